The molecule has 72 valence electrons. The minimum atomic E-state index is -4.05. The molecule has 0 aliphatic carbocycles. The summed E-state index contributed by atoms with van der Waals surface area (Å²) in [5.41, 5.74) is -4.05. The molecule has 0 spiro atoms. The van der Waals surface area contributed by atoms with Gasteiger partial charge in [0.2, 0.25) is 0 Å². The summed E-state index contributed by atoms with van der Waals surface area (Å²) in [5.74, 6) is -2.93. The smallest absolute Gasteiger partial charge is 0.417 e. The van der Waals surface area contributed by atoms with Gasteiger partial charge in [0.15, 0.2) is 11.6 Å². The summed E-state index contributed by atoms with van der Waals surface area (Å²) in [6, 6.07) is 1.91. The number of hydrogen-bond donors (Lipinski definition) is 0. The third kappa shape index (κ3) is 3.10. The van der Waals surface area contributed by atoms with E-state index in [0.29, 0.717) is 12.1 Å². The van der Waals surface area contributed by atoms with E-state index in [-0.39, 0.29) is 0 Å². The van der Waals surface area contributed by atoms with Crippen LogP contribution in [0, 0.1) is 11.6 Å². The van der Waals surface area contributed by atoms with E-state index in [2.05, 4.69) is 16.3 Å². The second-order valence-corrected chi connectivity index (χ2v) is 2.56. The van der Waals surface area contributed by atoms with Crippen LogP contribution in [0.25, 0.3) is 0 Å². The third-order valence-electron chi connectivity index (χ3n) is 1.12. The Morgan fingerprint density at radius 2 is 1.85 bits per heavy atom. The molecule has 1 nitrogen and oxygen atoms in total. The minimum Gasteiger partial charge on any atom is -0.417 e. The van der Waals surface area contributed by atoms with E-state index in [1.807, 2.05) is 0 Å². The van der Waals surface area contributed by atoms with Gasteiger partial charge < -0.3 is 4.74 Å². The van der Waals surface area contributed by atoms with Gasteiger partial charge in [0.05, 0.1) is 0 Å². The first-order chi connectivity index (χ1) is 5.88. The zero-order valence-electron chi connectivity index (χ0n) is 6.03. The molecular formula is C7H3ClF4O. The largest absolute Gasteiger partial charge is 0.487 e. The van der Waals surface area contributed by atoms with Gasteiger partial charge in [-0.3, -0.25) is 0 Å². The monoisotopic (exact) mass is 214 g/mol. The van der Waals surface area contributed by atoms with Crippen molar-refractivity contribution in [2.75, 3.05) is 0 Å². The molecule has 0 aliphatic heterocycles. The number of benzene rings is 1. The fourth-order valence-corrected chi connectivity index (χ4v) is 0.763. The Balaban J connectivity index is 2.94. The quantitative estimate of drug-likeness (QED) is 0.543. The molecular weight excluding hydrogens is 212 g/mol. The first kappa shape index (κ1) is 10.1. The molecule has 1 aromatic carbocycles. The highest BCUT2D eigenvalue weighted by molar-refractivity contribution is 6.20. The summed E-state index contributed by atoms with van der Waals surface area (Å²) >= 11 is 4.35. The average Bonchev–Trinajstić information content (AvgIpc) is 1.94. The molecule has 0 saturated carbocycles. The van der Waals surface area contributed by atoms with E-state index in [4.69, 9.17) is 0 Å². The lowest BCUT2D eigenvalue weighted by atomic mass is 10.3. The van der Waals surface area contributed by atoms with Crippen molar-refractivity contribution >= 4 is 11.6 Å². The average molecular weight is 215 g/mol. The molecule has 0 heterocycles. The van der Waals surface area contributed by atoms with Crippen LogP contribution >= 0.6 is 11.6 Å². The van der Waals surface area contributed by atoms with Crippen LogP contribution in [0.2, 0.25) is 0 Å². The van der Waals surface area contributed by atoms with Crippen LogP contribution in [-0.2, 0) is 0 Å². The molecule has 6 heteroatoms. The van der Waals surface area contributed by atoms with E-state index in [9.17, 15) is 17.6 Å². The van der Waals surface area contributed by atoms with Crippen LogP contribution < -0.4 is 4.74 Å². The summed E-state index contributed by atoms with van der Waals surface area (Å²) in [4.78, 5) is 0. The van der Waals surface area contributed by atoms with Gasteiger partial charge in [-0.25, -0.2) is 8.78 Å². The van der Waals surface area contributed by atoms with E-state index in [0.717, 1.165) is 6.07 Å². The summed E-state index contributed by atoms with van der Waals surface area (Å²) < 4.78 is 52.6. The maximum atomic E-state index is 12.6. The summed E-state index contributed by atoms with van der Waals surface area (Å²) in [5, 5.41) is 0. The van der Waals surface area contributed by atoms with Gasteiger partial charge in [-0.15, -0.1) is 8.78 Å². The molecule has 0 bridgehead atoms. The van der Waals surface area contributed by atoms with Gasteiger partial charge >= 0.3 is 5.57 Å². The number of halogens is 5. The number of rotatable bonds is 2. The normalized spacial score (nSPS) is 11.5. The van der Waals surface area contributed by atoms with Crippen LogP contribution in [-0.4, -0.2) is 5.57 Å². The summed E-state index contributed by atoms with van der Waals surface area (Å²) in [6.07, 6.45) is 0. The first-order valence-electron chi connectivity index (χ1n) is 3.09. The zero-order chi connectivity index (χ0) is 10.1. The van der Waals surface area contributed by atoms with Gasteiger partial charge in [-0.2, -0.15) is 0 Å². The highest BCUT2D eigenvalue weighted by Gasteiger charge is 2.29. The topological polar surface area (TPSA) is 9.23 Å². The van der Waals surface area contributed by atoms with Crippen molar-refractivity contribution in [3.8, 4) is 5.75 Å². The summed E-state index contributed by atoms with van der Waals surface area (Å²) in [6.45, 7) is 0. The zero-order valence-corrected chi connectivity index (χ0v) is 6.79. The van der Waals surface area contributed by atoms with E-state index in [1.165, 1.54) is 0 Å². The van der Waals surface area contributed by atoms with Gasteiger partial charge in [0, 0.05) is 17.7 Å². The maximum Gasteiger partial charge on any atom is 0.487 e. The third-order valence-corrected chi connectivity index (χ3v) is 1.20. The lowest BCUT2D eigenvalue weighted by Gasteiger charge is -2.10. The molecule has 0 fully saturated rings. The SMILES string of the molecule is Fc1ccc(F)c(OC(F)(F)Cl)c1. The summed E-state index contributed by atoms with van der Waals surface area (Å²) in [7, 11) is 0. The van der Waals surface area contributed by atoms with Gasteiger partial charge in [-0.1, -0.05) is 0 Å². The van der Waals surface area contributed by atoms with Gasteiger partial charge in [-0.05, 0) is 12.1 Å². The predicted molar refractivity (Wildman–Crippen MR) is 37.8 cm³/mol. The number of hydrogen-bond acceptors (Lipinski definition) is 1. The highest BCUT2D eigenvalue weighted by atomic mass is 35.5. The van der Waals surface area contributed by atoms with Crippen LogP contribution in [0.4, 0.5) is 17.6 Å². The fraction of sp³-hybridized carbons (Fsp3) is 0.143. The second kappa shape index (κ2) is 3.41. The Morgan fingerprint density at radius 1 is 1.23 bits per heavy atom. The lowest BCUT2D eigenvalue weighted by molar-refractivity contribution is -0.0985. The van der Waals surface area contributed by atoms with E-state index >= 15 is 0 Å². The molecule has 1 aromatic rings. The van der Waals surface area contributed by atoms with Crippen LogP contribution in [0.3, 0.4) is 0 Å². The maximum absolute atomic E-state index is 12.6. The second-order valence-electron chi connectivity index (χ2n) is 2.12. The van der Waals surface area contributed by atoms with Crippen molar-refractivity contribution in [1.29, 1.82) is 0 Å². The molecule has 1 rings (SSSR count). The Kier molecular flexibility index (Phi) is 2.66. The fourth-order valence-electron chi connectivity index (χ4n) is 0.680. The van der Waals surface area contributed by atoms with Crippen LogP contribution in [0.15, 0.2) is 18.2 Å². The predicted octanol–water partition coefficient (Wildman–Crippen LogP) is 3.13. The molecule has 13 heavy (non-hydrogen) atoms. The molecule has 0 atom stereocenters. The molecule has 0 unspecified atom stereocenters. The Morgan fingerprint density at radius 3 is 2.38 bits per heavy atom. The molecule has 0 saturated heterocycles. The molecule has 0 N–H and O–H groups in total. The van der Waals surface area contributed by atoms with E-state index in [1.54, 1.807) is 0 Å². The standard InChI is InChI=1S/C7H3ClF4O/c8-7(11,12)13-6-3-4(9)1-2-5(6)10/h1-3H. The van der Waals surface area contributed by atoms with Crippen molar-refractivity contribution < 1.29 is 22.3 Å². The molecule has 0 amide bonds. The molecule has 0 aliphatic rings. The number of alkyl halides is 3. The minimum absolute atomic E-state index is 0.478. The first-order valence-corrected chi connectivity index (χ1v) is 3.47. The van der Waals surface area contributed by atoms with Crippen LogP contribution in [0.5, 0.6) is 5.75 Å². The number of ether oxygens (including phenoxy) is 1. The molecule has 0 aromatic heterocycles. The van der Waals surface area contributed by atoms with Crippen molar-refractivity contribution in [2.24, 2.45) is 0 Å². The van der Waals surface area contributed by atoms with Crippen molar-refractivity contribution in [3.63, 3.8) is 0 Å². The molecule has 0 radical (unpaired) electrons. The Labute approximate surface area is 75.9 Å². The Bertz CT molecular complexity index is 310. The van der Waals surface area contributed by atoms with Crippen LogP contribution in [0.1, 0.15) is 0 Å². The highest BCUT2D eigenvalue weighted by Crippen LogP contribution is 2.27. The Hall–Kier alpha value is -0.970. The van der Waals surface area contributed by atoms with Crippen molar-refractivity contribution in [1.82, 2.24) is 0 Å². The van der Waals surface area contributed by atoms with Gasteiger partial charge in [0.25, 0.3) is 0 Å². The van der Waals surface area contributed by atoms with Gasteiger partial charge in [0.1, 0.15) is 5.82 Å². The van der Waals surface area contributed by atoms with E-state index < -0.39 is 23.0 Å². The lowest BCUT2D eigenvalue weighted by Crippen LogP contribution is -2.16. The van der Waals surface area contributed by atoms with Crippen molar-refractivity contribution in [3.05, 3.63) is 29.8 Å². The van der Waals surface area contributed by atoms with Crippen molar-refractivity contribution in [2.45, 2.75) is 5.57 Å².